The molecule has 0 aliphatic rings. The molecule has 0 radical (unpaired) electrons. The van der Waals surface area contributed by atoms with Gasteiger partial charge in [0.1, 0.15) is 5.69 Å². The van der Waals surface area contributed by atoms with Gasteiger partial charge in [0.15, 0.2) is 10.6 Å². The molecule has 23 heavy (non-hydrogen) atoms. The van der Waals surface area contributed by atoms with Gasteiger partial charge < -0.3 is 0 Å². The second kappa shape index (κ2) is 5.65. The number of hydrogen-bond donors (Lipinski definition) is 2. The summed E-state index contributed by atoms with van der Waals surface area (Å²) < 4.78 is 4.21. The van der Waals surface area contributed by atoms with Crippen molar-refractivity contribution in [1.82, 2.24) is 34.7 Å². The highest BCUT2D eigenvalue weighted by Crippen LogP contribution is 2.19. The van der Waals surface area contributed by atoms with Gasteiger partial charge in [0, 0.05) is 12.4 Å². The van der Waals surface area contributed by atoms with Gasteiger partial charge in [-0.05, 0) is 23.8 Å². The van der Waals surface area contributed by atoms with E-state index in [1.807, 2.05) is 39.7 Å². The molecule has 0 saturated heterocycles. The van der Waals surface area contributed by atoms with E-state index in [0.717, 1.165) is 11.4 Å². The molecule has 0 fully saturated rings. The standard InChI is InChI=1S/C15H13N7S/c23-15-20-19-14(13-6-7-16-18-13)22(15)12-8-17-21(10-12)9-11-4-2-1-3-5-11/h1-8,10H,9H2,(H,16,18)(H,20,23). The number of rotatable bonds is 4. The largest absolute Gasteiger partial charge is 0.275 e. The van der Waals surface area contributed by atoms with Crippen LogP contribution in [-0.2, 0) is 6.54 Å². The third-order valence-corrected chi connectivity index (χ3v) is 3.75. The summed E-state index contributed by atoms with van der Waals surface area (Å²) in [5, 5.41) is 18.3. The van der Waals surface area contributed by atoms with E-state index in [0.29, 0.717) is 17.1 Å². The van der Waals surface area contributed by atoms with Crippen molar-refractivity contribution in [3.63, 3.8) is 0 Å². The van der Waals surface area contributed by atoms with Crippen LogP contribution in [-0.4, -0.2) is 34.7 Å². The lowest BCUT2D eigenvalue weighted by Gasteiger charge is -2.02. The van der Waals surface area contributed by atoms with Crippen LogP contribution >= 0.6 is 12.2 Å². The maximum absolute atomic E-state index is 5.34. The van der Waals surface area contributed by atoms with Gasteiger partial charge in [-0.25, -0.2) is 0 Å². The molecule has 0 atom stereocenters. The molecule has 0 aliphatic heterocycles. The van der Waals surface area contributed by atoms with Crippen LogP contribution in [0.3, 0.4) is 0 Å². The van der Waals surface area contributed by atoms with Gasteiger partial charge in [-0.15, -0.1) is 0 Å². The van der Waals surface area contributed by atoms with E-state index in [9.17, 15) is 0 Å². The predicted octanol–water partition coefficient (Wildman–Crippen LogP) is 2.56. The third kappa shape index (κ3) is 2.59. The lowest BCUT2D eigenvalue weighted by molar-refractivity contribution is 0.686. The van der Waals surface area contributed by atoms with Crippen LogP contribution in [0.5, 0.6) is 0 Å². The SMILES string of the molecule is S=c1[nH]nc(-c2ccn[nH]2)n1-c1cnn(Cc2ccccc2)c1. The molecule has 7 nitrogen and oxygen atoms in total. The summed E-state index contributed by atoms with van der Waals surface area (Å²) in [5.74, 6) is 0.673. The van der Waals surface area contributed by atoms with Gasteiger partial charge in [0.05, 0.1) is 18.4 Å². The van der Waals surface area contributed by atoms with Gasteiger partial charge in [0.2, 0.25) is 0 Å². The smallest absolute Gasteiger partial charge is 0.200 e. The predicted molar refractivity (Wildman–Crippen MR) is 87.7 cm³/mol. The Morgan fingerprint density at radius 2 is 1.96 bits per heavy atom. The Kier molecular flexibility index (Phi) is 3.35. The lowest BCUT2D eigenvalue weighted by atomic mass is 10.2. The Morgan fingerprint density at radius 3 is 2.74 bits per heavy atom. The van der Waals surface area contributed by atoms with Crippen LogP contribution in [0.4, 0.5) is 0 Å². The van der Waals surface area contributed by atoms with Gasteiger partial charge in [0.25, 0.3) is 0 Å². The Labute approximate surface area is 136 Å². The summed E-state index contributed by atoms with van der Waals surface area (Å²) in [6.45, 7) is 0.700. The van der Waals surface area contributed by atoms with Crippen LogP contribution in [0.2, 0.25) is 0 Å². The Morgan fingerprint density at radius 1 is 1.09 bits per heavy atom. The van der Waals surface area contributed by atoms with Crippen LogP contribution < -0.4 is 0 Å². The van der Waals surface area contributed by atoms with E-state index in [2.05, 4.69) is 37.6 Å². The molecule has 0 bridgehead atoms. The maximum Gasteiger partial charge on any atom is 0.200 e. The van der Waals surface area contributed by atoms with Crippen molar-refractivity contribution < 1.29 is 0 Å². The van der Waals surface area contributed by atoms with Crippen LogP contribution in [0.1, 0.15) is 5.56 Å². The normalized spacial score (nSPS) is 11.0. The number of benzene rings is 1. The summed E-state index contributed by atoms with van der Waals surface area (Å²) in [7, 11) is 0. The zero-order valence-electron chi connectivity index (χ0n) is 12.0. The van der Waals surface area contributed by atoms with Gasteiger partial charge in [-0.3, -0.25) is 19.4 Å². The van der Waals surface area contributed by atoms with Crippen LogP contribution in [0.25, 0.3) is 17.2 Å². The van der Waals surface area contributed by atoms with Crippen LogP contribution in [0.15, 0.2) is 55.0 Å². The summed E-state index contributed by atoms with van der Waals surface area (Å²) >= 11 is 5.34. The molecule has 0 spiro atoms. The molecule has 0 amide bonds. The minimum absolute atomic E-state index is 0.508. The maximum atomic E-state index is 5.34. The summed E-state index contributed by atoms with van der Waals surface area (Å²) in [5.41, 5.74) is 2.82. The molecule has 114 valence electrons. The van der Waals surface area contributed by atoms with Gasteiger partial charge in [-0.2, -0.15) is 15.3 Å². The van der Waals surface area contributed by atoms with Crippen LogP contribution in [0, 0.1) is 4.77 Å². The van der Waals surface area contributed by atoms with E-state index < -0.39 is 0 Å². The lowest BCUT2D eigenvalue weighted by Crippen LogP contribution is -2.00. The highest BCUT2D eigenvalue weighted by atomic mass is 32.1. The average molecular weight is 323 g/mol. The zero-order valence-corrected chi connectivity index (χ0v) is 12.9. The minimum Gasteiger partial charge on any atom is -0.275 e. The number of aromatic amines is 2. The Balaban J connectivity index is 1.70. The van der Waals surface area contributed by atoms with Crippen molar-refractivity contribution >= 4 is 12.2 Å². The molecule has 8 heteroatoms. The number of nitrogens with zero attached hydrogens (tertiary/aromatic N) is 5. The summed E-state index contributed by atoms with van der Waals surface area (Å²) in [6.07, 6.45) is 5.39. The van der Waals surface area contributed by atoms with Crippen molar-refractivity contribution in [3.8, 4) is 17.2 Å². The fourth-order valence-electron chi connectivity index (χ4n) is 2.42. The van der Waals surface area contributed by atoms with E-state index >= 15 is 0 Å². The highest BCUT2D eigenvalue weighted by Gasteiger charge is 2.13. The Hall–Kier alpha value is -3.00. The zero-order chi connectivity index (χ0) is 15.6. The summed E-state index contributed by atoms with van der Waals surface area (Å²) in [6, 6.07) is 12.0. The molecule has 0 aliphatic carbocycles. The van der Waals surface area contributed by atoms with Crippen molar-refractivity contribution in [3.05, 3.63) is 65.3 Å². The van der Waals surface area contributed by atoms with Crippen molar-refractivity contribution in [1.29, 1.82) is 0 Å². The van der Waals surface area contributed by atoms with Gasteiger partial charge >= 0.3 is 0 Å². The monoisotopic (exact) mass is 323 g/mol. The fraction of sp³-hybridized carbons (Fsp3) is 0.0667. The first-order chi connectivity index (χ1) is 11.3. The molecule has 3 heterocycles. The fourth-order valence-corrected chi connectivity index (χ4v) is 2.66. The topological polar surface area (TPSA) is 80.1 Å². The number of hydrogen-bond acceptors (Lipinski definition) is 4. The first-order valence-corrected chi connectivity index (χ1v) is 7.46. The first-order valence-electron chi connectivity index (χ1n) is 7.05. The number of H-pyrrole nitrogens is 2. The minimum atomic E-state index is 0.508. The third-order valence-electron chi connectivity index (χ3n) is 3.48. The van der Waals surface area contributed by atoms with E-state index in [1.165, 1.54) is 5.56 Å². The molecule has 4 rings (SSSR count). The van der Waals surface area contributed by atoms with E-state index in [1.54, 1.807) is 12.4 Å². The summed E-state index contributed by atoms with van der Waals surface area (Å²) in [4.78, 5) is 0. The Bertz CT molecular complexity index is 963. The highest BCUT2D eigenvalue weighted by molar-refractivity contribution is 7.71. The number of nitrogens with one attached hydrogen (secondary N) is 2. The molecular formula is C15H13N7S. The van der Waals surface area contributed by atoms with Crippen molar-refractivity contribution in [2.24, 2.45) is 0 Å². The average Bonchev–Trinajstić information content (AvgIpc) is 3.28. The van der Waals surface area contributed by atoms with Crippen molar-refractivity contribution in [2.45, 2.75) is 6.54 Å². The van der Waals surface area contributed by atoms with E-state index in [-0.39, 0.29) is 0 Å². The molecule has 0 unspecified atom stereocenters. The van der Waals surface area contributed by atoms with Gasteiger partial charge in [-0.1, -0.05) is 30.3 Å². The number of aromatic nitrogens is 7. The second-order valence-corrected chi connectivity index (χ2v) is 5.43. The first kappa shape index (κ1) is 13.6. The molecule has 3 aromatic heterocycles. The second-order valence-electron chi connectivity index (χ2n) is 5.04. The van der Waals surface area contributed by atoms with E-state index in [4.69, 9.17) is 12.2 Å². The quantitative estimate of drug-likeness (QED) is 0.566. The van der Waals surface area contributed by atoms with Crippen molar-refractivity contribution in [2.75, 3.05) is 0 Å². The molecule has 0 saturated carbocycles. The molecule has 1 aromatic carbocycles. The molecular weight excluding hydrogens is 310 g/mol. The molecule has 4 aromatic rings. The molecule has 2 N–H and O–H groups in total.